The zero-order chi connectivity index (χ0) is 24.3. The normalized spacial score (nSPS) is 11.3. The topological polar surface area (TPSA) is 60.7 Å². The van der Waals surface area contributed by atoms with E-state index in [1.165, 1.54) is 20.7 Å². The highest BCUT2D eigenvalue weighted by Gasteiger charge is 2.41. The molecule has 0 radical (unpaired) electrons. The van der Waals surface area contributed by atoms with Crippen molar-refractivity contribution in [3.8, 4) is 16.9 Å². The van der Waals surface area contributed by atoms with Crippen molar-refractivity contribution in [2.45, 2.75) is 0 Å². The lowest BCUT2D eigenvalue weighted by molar-refractivity contribution is 0.419. The van der Waals surface area contributed by atoms with Gasteiger partial charge in [-0.3, -0.25) is 0 Å². The van der Waals surface area contributed by atoms with Crippen molar-refractivity contribution in [2.75, 3.05) is 0 Å². The Labute approximate surface area is 206 Å². The maximum absolute atomic E-state index is 10.4. The van der Waals surface area contributed by atoms with Crippen LogP contribution in [-0.4, -0.2) is 30.3 Å². The Morgan fingerprint density at radius 1 is 0.457 bits per heavy atom. The molecule has 5 heteroatoms. The minimum absolute atomic E-state index is 0.0893. The lowest BCUT2D eigenvalue weighted by Gasteiger charge is -2.34. The first-order valence-corrected chi connectivity index (χ1v) is 13.6. The van der Waals surface area contributed by atoms with E-state index in [4.69, 9.17) is 0 Å². The zero-order valence-electron chi connectivity index (χ0n) is 19.1. The van der Waals surface area contributed by atoms with Crippen molar-refractivity contribution in [3.63, 3.8) is 0 Å². The summed E-state index contributed by atoms with van der Waals surface area (Å²) >= 11 is 0. The van der Waals surface area contributed by atoms with Crippen LogP contribution in [0.15, 0.2) is 133 Å². The number of rotatable bonds is 6. The largest absolute Gasteiger partial charge is 0.508 e. The lowest BCUT2D eigenvalue weighted by Crippen LogP contribution is -2.74. The van der Waals surface area contributed by atoms with Crippen LogP contribution >= 0.6 is 0 Å². The van der Waals surface area contributed by atoms with Gasteiger partial charge in [0.2, 0.25) is 0 Å². The Balaban J connectivity index is 1.79. The number of hydrogen-bond donors (Lipinski definition) is 3. The van der Waals surface area contributed by atoms with Crippen LogP contribution in [-0.2, 0) is 0 Å². The molecule has 0 heterocycles. The molecule has 0 saturated heterocycles. The number of phenolic OH excluding ortho intramolecular Hbond substituents is 1. The van der Waals surface area contributed by atoms with Crippen LogP contribution in [0.25, 0.3) is 11.1 Å². The summed E-state index contributed by atoms with van der Waals surface area (Å²) in [5.74, 6) is -0.138. The average Bonchev–Trinajstić information content (AvgIpc) is 2.91. The summed E-state index contributed by atoms with van der Waals surface area (Å²) in [5.41, 5.74) is 1.86. The van der Waals surface area contributed by atoms with Crippen molar-refractivity contribution in [2.24, 2.45) is 0 Å². The van der Waals surface area contributed by atoms with Gasteiger partial charge in [0.15, 0.2) is 8.07 Å². The quantitative estimate of drug-likeness (QED) is 0.262. The average molecular weight is 472 g/mol. The number of phenols is 1. The minimum Gasteiger partial charge on any atom is -0.508 e. The summed E-state index contributed by atoms with van der Waals surface area (Å²) in [6.45, 7) is 0. The summed E-state index contributed by atoms with van der Waals surface area (Å²) in [6.07, 6.45) is 0. The van der Waals surface area contributed by atoms with Gasteiger partial charge >= 0.3 is 7.12 Å². The van der Waals surface area contributed by atoms with E-state index in [-0.39, 0.29) is 11.2 Å². The van der Waals surface area contributed by atoms with Gasteiger partial charge in [-0.25, -0.2) is 0 Å². The molecule has 3 nitrogen and oxygen atoms in total. The summed E-state index contributed by atoms with van der Waals surface area (Å²) in [6, 6.07) is 45.6. The van der Waals surface area contributed by atoms with Crippen LogP contribution in [0, 0.1) is 0 Å². The summed E-state index contributed by atoms with van der Waals surface area (Å²) < 4.78 is 0. The molecular weight excluding hydrogens is 447 g/mol. The monoisotopic (exact) mass is 472 g/mol. The van der Waals surface area contributed by atoms with Crippen molar-refractivity contribution in [3.05, 3.63) is 133 Å². The molecule has 35 heavy (non-hydrogen) atoms. The van der Waals surface area contributed by atoms with E-state index in [0.717, 1.165) is 11.1 Å². The molecular formula is C30H25BO3Si. The Kier molecular flexibility index (Phi) is 6.38. The first-order chi connectivity index (χ1) is 17.1. The van der Waals surface area contributed by atoms with Gasteiger partial charge in [0.05, 0.1) is 0 Å². The molecule has 5 aromatic carbocycles. The molecule has 170 valence electrons. The molecule has 0 aliphatic rings. The van der Waals surface area contributed by atoms with Crippen molar-refractivity contribution < 1.29 is 15.2 Å². The van der Waals surface area contributed by atoms with Crippen LogP contribution in [0.5, 0.6) is 5.75 Å². The molecule has 0 amide bonds. The fraction of sp³-hybridized carbons (Fsp3) is 0. The Bertz CT molecular complexity index is 1330. The van der Waals surface area contributed by atoms with Gasteiger partial charge in [0.1, 0.15) is 5.75 Å². The smallest absolute Gasteiger partial charge is 0.492 e. The molecule has 0 saturated carbocycles. The Morgan fingerprint density at radius 3 is 1.37 bits per heavy atom. The second-order valence-electron chi connectivity index (χ2n) is 8.58. The molecule has 3 N–H and O–H groups in total. The number of aromatic hydroxyl groups is 1. The summed E-state index contributed by atoms with van der Waals surface area (Å²) in [4.78, 5) is 0. The van der Waals surface area contributed by atoms with Gasteiger partial charge in [-0.05, 0) is 37.9 Å². The molecule has 5 aromatic rings. The Morgan fingerprint density at radius 2 is 0.914 bits per heavy atom. The van der Waals surface area contributed by atoms with Gasteiger partial charge in [0.25, 0.3) is 0 Å². The predicted octanol–water partition coefficient (Wildman–Crippen LogP) is 2.12. The molecule has 0 bridgehead atoms. The summed E-state index contributed by atoms with van der Waals surface area (Å²) in [7, 11) is -4.37. The third kappa shape index (κ3) is 4.21. The maximum atomic E-state index is 10.4. The number of benzene rings is 5. The van der Waals surface area contributed by atoms with E-state index in [1.54, 1.807) is 12.1 Å². The van der Waals surface area contributed by atoms with Gasteiger partial charge in [-0.1, -0.05) is 127 Å². The third-order valence-corrected chi connectivity index (χ3v) is 11.3. The van der Waals surface area contributed by atoms with Gasteiger partial charge < -0.3 is 15.2 Å². The highest BCUT2D eigenvalue weighted by molar-refractivity contribution is 7.19. The van der Waals surface area contributed by atoms with Gasteiger partial charge in [-0.2, -0.15) is 0 Å². The molecule has 0 fully saturated rings. The minimum atomic E-state index is -2.65. The van der Waals surface area contributed by atoms with Crippen LogP contribution in [0.4, 0.5) is 0 Å². The van der Waals surface area contributed by atoms with Gasteiger partial charge in [0, 0.05) is 5.46 Å². The van der Waals surface area contributed by atoms with E-state index >= 15 is 0 Å². The Hall–Kier alpha value is -3.90. The van der Waals surface area contributed by atoms with Crippen LogP contribution in [0.1, 0.15) is 0 Å². The molecule has 0 atom stereocenters. The van der Waals surface area contributed by atoms with Crippen LogP contribution < -0.4 is 26.2 Å². The maximum Gasteiger partial charge on any atom is 0.492 e. The second-order valence-corrected chi connectivity index (χ2v) is 12.4. The third-order valence-electron chi connectivity index (χ3n) is 6.56. The van der Waals surface area contributed by atoms with Crippen molar-refractivity contribution in [1.29, 1.82) is 0 Å². The highest BCUT2D eigenvalue weighted by Crippen LogP contribution is 2.23. The standard InChI is InChI=1S/C30H25BO3Si/c32-30-22-24(19-20-29(30)31(33)34)23-11-10-18-28(21-23)35(25-12-4-1-5-13-25,26-14-6-2-7-15-26)27-16-8-3-9-17-27/h1-22,32-34H. The zero-order valence-corrected chi connectivity index (χ0v) is 20.1. The lowest BCUT2D eigenvalue weighted by atomic mass is 9.79. The molecule has 0 aromatic heterocycles. The summed E-state index contributed by atoms with van der Waals surface area (Å²) in [5, 5.41) is 34.5. The first kappa shape index (κ1) is 22.9. The molecule has 0 unspecified atom stereocenters. The first-order valence-electron chi connectivity index (χ1n) is 11.6. The molecule has 5 rings (SSSR count). The fourth-order valence-electron chi connectivity index (χ4n) is 4.94. The molecule has 0 aliphatic heterocycles. The van der Waals surface area contributed by atoms with Crippen LogP contribution in [0.3, 0.4) is 0 Å². The predicted molar refractivity (Wildman–Crippen MR) is 147 cm³/mol. The van der Waals surface area contributed by atoms with E-state index < -0.39 is 15.2 Å². The molecule has 0 aliphatic carbocycles. The van der Waals surface area contributed by atoms with E-state index in [2.05, 4.69) is 109 Å². The van der Waals surface area contributed by atoms with Crippen molar-refractivity contribution >= 4 is 41.4 Å². The number of hydrogen-bond acceptors (Lipinski definition) is 3. The highest BCUT2D eigenvalue weighted by atomic mass is 28.3. The second kappa shape index (κ2) is 9.76. The van der Waals surface area contributed by atoms with E-state index in [9.17, 15) is 15.2 Å². The van der Waals surface area contributed by atoms with Gasteiger partial charge in [-0.15, -0.1) is 0 Å². The SMILES string of the molecule is OB(O)c1ccc(-c2cccc([Si](c3ccccc3)(c3ccccc3)c3ccccc3)c2)cc1O. The van der Waals surface area contributed by atoms with E-state index in [1.807, 2.05) is 12.1 Å². The fourth-order valence-corrected chi connectivity index (χ4v) is 9.73. The van der Waals surface area contributed by atoms with E-state index in [0.29, 0.717) is 0 Å². The van der Waals surface area contributed by atoms with Crippen molar-refractivity contribution in [1.82, 2.24) is 0 Å². The molecule has 0 spiro atoms. The van der Waals surface area contributed by atoms with Crippen LogP contribution in [0.2, 0.25) is 0 Å².